The zero-order chi connectivity index (χ0) is 22.9. The van der Waals surface area contributed by atoms with Crippen LogP contribution in [0.15, 0.2) is 81.4 Å². The highest BCUT2D eigenvalue weighted by Crippen LogP contribution is 2.49. The van der Waals surface area contributed by atoms with Crippen LogP contribution in [0.1, 0.15) is 17.5 Å². The van der Waals surface area contributed by atoms with Crippen molar-refractivity contribution in [1.82, 2.24) is 0 Å². The summed E-state index contributed by atoms with van der Waals surface area (Å²) in [6.45, 7) is 2.07. The molecule has 0 bridgehead atoms. The molecule has 0 saturated heterocycles. The molecule has 0 N–H and O–H groups in total. The first-order chi connectivity index (χ1) is 15.1. The standard InChI is InChI=1S/C23H20F3NO3S2/c1-16-7-10-18(11-8-16)32(28,29)30-14-4-13-27-19-5-2-3-6-21(19)31-22-12-9-17(15-20(22)27)23(24,25)26/h2-3,5-12,15H,4,13-14H2,1H3. The second-order valence-corrected chi connectivity index (χ2v) is 10.0. The first-order valence-electron chi connectivity index (χ1n) is 9.87. The van der Waals surface area contributed by atoms with Gasteiger partial charge in [-0.05, 0) is 55.8 Å². The van der Waals surface area contributed by atoms with Crippen LogP contribution in [0.3, 0.4) is 0 Å². The van der Waals surface area contributed by atoms with Gasteiger partial charge in [0.1, 0.15) is 0 Å². The van der Waals surface area contributed by atoms with E-state index in [1.54, 1.807) is 17.0 Å². The number of hydrogen-bond donors (Lipinski definition) is 0. The topological polar surface area (TPSA) is 46.6 Å². The number of halogens is 3. The van der Waals surface area contributed by atoms with Crippen LogP contribution in [0.25, 0.3) is 0 Å². The molecule has 1 aliphatic heterocycles. The van der Waals surface area contributed by atoms with E-state index in [9.17, 15) is 21.6 Å². The van der Waals surface area contributed by atoms with E-state index in [0.29, 0.717) is 23.5 Å². The molecular formula is C23H20F3NO3S2. The molecule has 9 heteroatoms. The monoisotopic (exact) mass is 479 g/mol. The third kappa shape index (κ3) is 4.79. The molecule has 4 nitrogen and oxygen atoms in total. The van der Waals surface area contributed by atoms with Crippen molar-refractivity contribution in [3.63, 3.8) is 0 Å². The molecule has 1 heterocycles. The lowest BCUT2D eigenvalue weighted by molar-refractivity contribution is -0.137. The summed E-state index contributed by atoms with van der Waals surface area (Å²) in [7, 11) is -3.90. The van der Waals surface area contributed by atoms with Crippen LogP contribution in [0.4, 0.5) is 24.5 Å². The van der Waals surface area contributed by atoms with E-state index >= 15 is 0 Å². The van der Waals surface area contributed by atoms with Gasteiger partial charge in [0.2, 0.25) is 0 Å². The molecule has 0 aliphatic carbocycles. The Morgan fingerprint density at radius 3 is 2.34 bits per heavy atom. The van der Waals surface area contributed by atoms with Crippen molar-refractivity contribution in [2.75, 3.05) is 18.1 Å². The van der Waals surface area contributed by atoms with Gasteiger partial charge >= 0.3 is 6.18 Å². The maximum Gasteiger partial charge on any atom is 0.416 e. The van der Waals surface area contributed by atoms with E-state index in [0.717, 1.165) is 28.3 Å². The predicted octanol–water partition coefficient (Wildman–Crippen LogP) is 6.41. The minimum absolute atomic E-state index is 0.0722. The summed E-state index contributed by atoms with van der Waals surface area (Å²) in [4.78, 5) is 3.50. The summed E-state index contributed by atoms with van der Waals surface area (Å²) in [5.74, 6) is 0. The van der Waals surface area contributed by atoms with Crippen molar-refractivity contribution >= 4 is 33.3 Å². The van der Waals surface area contributed by atoms with Crippen molar-refractivity contribution in [2.45, 2.75) is 34.2 Å². The second-order valence-electron chi connectivity index (χ2n) is 7.34. The van der Waals surface area contributed by atoms with Gasteiger partial charge in [-0.2, -0.15) is 21.6 Å². The van der Waals surface area contributed by atoms with Crippen LogP contribution in [0.5, 0.6) is 0 Å². The SMILES string of the molecule is Cc1ccc(S(=O)(=O)OCCCN2c3ccccc3Sc3ccc(C(F)(F)F)cc32)cc1. The molecule has 32 heavy (non-hydrogen) atoms. The van der Waals surface area contributed by atoms with Crippen LogP contribution in [-0.4, -0.2) is 21.6 Å². The molecule has 4 rings (SSSR count). The molecule has 0 saturated carbocycles. The molecule has 0 unspecified atom stereocenters. The number of hydrogen-bond acceptors (Lipinski definition) is 5. The Bertz CT molecular complexity index is 1230. The summed E-state index contributed by atoms with van der Waals surface area (Å²) in [6.07, 6.45) is -4.15. The van der Waals surface area contributed by atoms with Gasteiger partial charge in [0.25, 0.3) is 10.1 Å². The van der Waals surface area contributed by atoms with Crippen LogP contribution in [-0.2, 0) is 20.5 Å². The number of nitrogens with zero attached hydrogens (tertiary/aromatic N) is 1. The number of alkyl halides is 3. The number of fused-ring (bicyclic) bond motifs is 2. The molecule has 3 aromatic carbocycles. The van der Waals surface area contributed by atoms with Crippen molar-refractivity contribution in [1.29, 1.82) is 0 Å². The molecule has 1 aliphatic rings. The van der Waals surface area contributed by atoms with E-state index in [1.807, 2.05) is 31.2 Å². The smallest absolute Gasteiger partial charge is 0.340 e. The number of aryl methyl sites for hydroxylation is 1. The van der Waals surface area contributed by atoms with Gasteiger partial charge in [0.05, 0.1) is 28.4 Å². The maximum absolute atomic E-state index is 13.3. The Morgan fingerprint density at radius 1 is 0.938 bits per heavy atom. The minimum Gasteiger partial charge on any atom is -0.340 e. The van der Waals surface area contributed by atoms with E-state index in [2.05, 4.69) is 0 Å². The van der Waals surface area contributed by atoms with Crippen LogP contribution >= 0.6 is 11.8 Å². The number of rotatable bonds is 6. The van der Waals surface area contributed by atoms with Crippen molar-refractivity contribution in [3.05, 3.63) is 77.9 Å². The fraction of sp³-hybridized carbons (Fsp3) is 0.217. The van der Waals surface area contributed by atoms with E-state index < -0.39 is 21.9 Å². The molecule has 0 spiro atoms. The number of benzene rings is 3. The normalized spacial score (nSPS) is 13.6. The van der Waals surface area contributed by atoms with Gasteiger partial charge in [-0.25, -0.2) is 0 Å². The number of anilines is 2. The average Bonchev–Trinajstić information content (AvgIpc) is 2.75. The van der Waals surface area contributed by atoms with Gasteiger partial charge in [-0.3, -0.25) is 4.18 Å². The van der Waals surface area contributed by atoms with Gasteiger partial charge in [-0.15, -0.1) is 0 Å². The van der Waals surface area contributed by atoms with Gasteiger partial charge in [0.15, 0.2) is 0 Å². The molecule has 0 radical (unpaired) electrons. The van der Waals surface area contributed by atoms with Crippen molar-refractivity contribution < 1.29 is 25.8 Å². The Labute approximate surface area is 189 Å². The molecule has 0 aromatic heterocycles. The summed E-state index contributed by atoms with van der Waals surface area (Å²) < 4.78 is 69.8. The third-order valence-corrected chi connectivity index (χ3v) is 7.48. The summed E-state index contributed by atoms with van der Waals surface area (Å²) in [5.41, 5.74) is 1.44. The Morgan fingerprint density at radius 2 is 1.62 bits per heavy atom. The molecule has 168 valence electrons. The molecule has 3 aromatic rings. The summed E-state index contributed by atoms with van der Waals surface area (Å²) >= 11 is 1.41. The van der Waals surface area contributed by atoms with Crippen LogP contribution in [0, 0.1) is 6.92 Å². The second kappa shape index (κ2) is 8.80. The van der Waals surface area contributed by atoms with Gasteiger partial charge < -0.3 is 4.90 Å². The van der Waals surface area contributed by atoms with Crippen molar-refractivity contribution in [3.8, 4) is 0 Å². The third-order valence-electron chi connectivity index (χ3n) is 5.03. The van der Waals surface area contributed by atoms with Gasteiger partial charge in [-0.1, -0.05) is 41.6 Å². The Balaban J connectivity index is 1.52. The number of para-hydroxylation sites is 1. The highest BCUT2D eigenvalue weighted by Gasteiger charge is 2.33. The fourth-order valence-corrected chi connectivity index (χ4v) is 5.43. The molecule has 0 amide bonds. The minimum atomic E-state index is -4.45. The maximum atomic E-state index is 13.3. The summed E-state index contributed by atoms with van der Waals surface area (Å²) in [5, 5.41) is 0. The zero-order valence-electron chi connectivity index (χ0n) is 17.1. The molecular weight excluding hydrogens is 459 g/mol. The lowest BCUT2D eigenvalue weighted by Crippen LogP contribution is -2.24. The summed E-state index contributed by atoms with van der Waals surface area (Å²) in [6, 6.07) is 17.5. The molecule has 0 atom stereocenters. The predicted molar refractivity (Wildman–Crippen MR) is 118 cm³/mol. The van der Waals surface area contributed by atoms with Crippen molar-refractivity contribution in [2.24, 2.45) is 0 Å². The lowest BCUT2D eigenvalue weighted by atomic mass is 10.1. The van der Waals surface area contributed by atoms with Gasteiger partial charge in [0, 0.05) is 16.3 Å². The largest absolute Gasteiger partial charge is 0.416 e. The Kier molecular flexibility index (Phi) is 6.24. The first kappa shape index (κ1) is 22.7. The first-order valence-corrected chi connectivity index (χ1v) is 12.1. The van der Waals surface area contributed by atoms with Crippen LogP contribution in [0.2, 0.25) is 0 Å². The lowest BCUT2D eigenvalue weighted by Gasteiger charge is -2.33. The van der Waals surface area contributed by atoms with E-state index in [4.69, 9.17) is 4.18 Å². The highest BCUT2D eigenvalue weighted by molar-refractivity contribution is 7.99. The zero-order valence-corrected chi connectivity index (χ0v) is 18.7. The van der Waals surface area contributed by atoms with Crippen LogP contribution < -0.4 is 4.90 Å². The fourth-order valence-electron chi connectivity index (χ4n) is 3.41. The average molecular weight is 480 g/mol. The van der Waals surface area contributed by atoms with E-state index in [1.165, 1.54) is 30.0 Å². The highest BCUT2D eigenvalue weighted by atomic mass is 32.2. The Hall–Kier alpha value is -2.49. The quantitative estimate of drug-likeness (QED) is 0.302. The van der Waals surface area contributed by atoms with E-state index in [-0.39, 0.29) is 11.5 Å². The molecule has 0 fully saturated rings.